The molecule has 162 valence electrons. The van der Waals surface area contributed by atoms with E-state index in [0.29, 0.717) is 26.9 Å². The molecule has 0 aliphatic carbocycles. The highest BCUT2D eigenvalue weighted by molar-refractivity contribution is 7.98. The van der Waals surface area contributed by atoms with Gasteiger partial charge >= 0.3 is 0 Å². The van der Waals surface area contributed by atoms with Crippen molar-refractivity contribution in [2.45, 2.75) is 15.5 Å². The van der Waals surface area contributed by atoms with Crippen LogP contribution >= 0.6 is 23.4 Å². The molecule has 1 heterocycles. The summed E-state index contributed by atoms with van der Waals surface area (Å²) in [5.41, 5.74) is 2.76. The van der Waals surface area contributed by atoms with Gasteiger partial charge in [0.05, 0.1) is 21.7 Å². The molecule has 3 aromatic carbocycles. The lowest BCUT2D eigenvalue weighted by Crippen LogP contribution is -2.23. The molecule has 0 spiro atoms. The number of benzene rings is 3. The molecule has 5 nitrogen and oxygen atoms in total. The fourth-order valence-electron chi connectivity index (χ4n) is 3.19. The second-order valence-electron chi connectivity index (χ2n) is 7.16. The van der Waals surface area contributed by atoms with Crippen molar-refractivity contribution in [3.8, 4) is 16.8 Å². The van der Waals surface area contributed by atoms with Crippen LogP contribution in [0.4, 0.5) is 0 Å². The summed E-state index contributed by atoms with van der Waals surface area (Å²) >= 11 is 7.53. The van der Waals surface area contributed by atoms with Gasteiger partial charge in [-0.3, -0.25) is 4.79 Å². The Morgan fingerprint density at radius 1 is 0.969 bits per heavy atom. The molecule has 0 saturated heterocycles. The molecule has 0 aliphatic heterocycles. The van der Waals surface area contributed by atoms with Crippen LogP contribution in [-0.2, 0) is 15.6 Å². The van der Waals surface area contributed by atoms with Gasteiger partial charge in [0.15, 0.2) is 9.84 Å². The third kappa shape index (κ3) is 4.96. The van der Waals surface area contributed by atoms with E-state index in [4.69, 9.17) is 11.6 Å². The van der Waals surface area contributed by atoms with E-state index in [2.05, 4.69) is 5.10 Å². The van der Waals surface area contributed by atoms with Crippen LogP contribution in [0.15, 0.2) is 99.6 Å². The van der Waals surface area contributed by atoms with Crippen molar-refractivity contribution < 1.29 is 8.42 Å². The molecule has 0 unspecified atom stereocenters. The van der Waals surface area contributed by atoms with Gasteiger partial charge in [-0.05, 0) is 41.5 Å². The number of hydrogen-bond donors (Lipinski definition) is 0. The molecular formula is C24H19ClN2O3S2. The highest BCUT2D eigenvalue weighted by Crippen LogP contribution is 2.31. The minimum Gasteiger partial charge on any atom is -0.266 e. The van der Waals surface area contributed by atoms with E-state index in [-0.39, 0.29) is 10.5 Å². The van der Waals surface area contributed by atoms with Gasteiger partial charge in [-0.25, -0.2) is 8.42 Å². The smallest absolute Gasteiger partial charge is 0.266 e. The summed E-state index contributed by atoms with van der Waals surface area (Å²) in [6, 6.07) is 23.3. The maximum absolute atomic E-state index is 13.5. The lowest BCUT2D eigenvalue weighted by Gasteiger charge is -2.13. The van der Waals surface area contributed by atoms with E-state index < -0.39 is 9.84 Å². The molecule has 0 saturated carbocycles. The number of aromatic nitrogens is 2. The summed E-state index contributed by atoms with van der Waals surface area (Å²) in [7, 11) is -3.31. The van der Waals surface area contributed by atoms with Crippen molar-refractivity contribution in [1.82, 2.24) is 9.78 Å². The SMILES string of the molecule is CS(=O)(=O)c1ccc(-c2cnn(-c3cccc(Cl)c3)c(=O)c2SCc2ccccc2)cc1. The lowest BCUT2D eigenvalue weighted by atomic mass is 10.1. The Morgan fingerprint density at radius 2 is 1.69 bits per heavy atom. The monoisotopic (exact) mass is 482 g/mol. The maximum Gasteiger partial charge on any atom is 0.285 e. The molecule has 0 radical (unpaired) electrons. The topological polar surface area (TPSA) is 69.0 Å². The van der Waals surface area contributed by atoms with Crippen LogP contribution in [0.2, 0.25) is 5.02 Å². The predicted molar refractivity (Wildman–Crippen MR) is 129 cm³/mol. The quantitative estimate of drug-likeness (QED) is 0.351. The van der Waals surface area contributed by atoms with Gasteiger partial charge in [0.2, 0.25) is 0 Å². The van der Waals surface area contributed by atoms with Gasteiger partial charge in [0.25, 0.3) is 5.56 Å². The maximum atomic E-state index is 13.5. The van der Waals surface area contributed by atoms with Gasteiger partial charge in [-0.15, -0.1) is 11.8 Å². The van der Waals surface area contributed by atoms with Crippen molar-refractivity contribution in [3.63, 3.8) is 0 Å². The fraction of sp³-hybridized carbons (Fsp3) is 0.0833. The Bertz CT molecular complexity index is 1420. The average Bonchev–Trinajstić information content (AvgIpc) is 2.78. The number of rotatable bonds is 6. The van der Waals surface area contributed by atoms with Gasteiger partial charge in [-0.2, -0.15) is 9.78 Å². The summed E-state index contributed by atoms with van der Waals surface area (Å²) in [5, 5.41) is 4.88. The summed E-state index contributed by atoms with van der Waals surface area (Å²) in [5.74, 6) is 0.601. The Hall–Kier alpha value is -2.87. The second kappa shape index (κ2) is 9.32. The molecular weight excluding hydrogens is 464 g/mol. The number of nitrogens with zero attached hydrogens (tertiary/aromatic N) is 2. The van der Waals surface area contributed by atoms with Crippen molar-refractivity contribution >= 4 is 33.2 Å². The van der Waals surface area contributed by atoms with Crippen molar-refractivity contribution in [3.05, 3.63) is 106 Å². The molecule has 1 aromatic heterocycles. The van der Waals surface area contributed by atoms with E-state index >= 15 is 0 Å². The summed E-state index contributed by atoms with van der Waals surface area (Å²) < 4.78 is 24.9. The molecule has 0 amide bonds. The first-order valence-corrected chi connectivity index (χ1v) is 12.9. The van der Waals surface area contributed by atoms with Crippen LogP contribution in [-0.4, -0.2) is 24.5 Å². The lowest BCUT2D eigenvalue weighted by molar-refractivity contribution is 0.602. The Labute approximate surface area is 195 Å². The molecule has 4 aromatic rings. The van der Waals surface area contributed by atoms with E-state index in [1.54, 1.807) is 54.7 Å². The van der Waals surface area contributed by atoms with Crippen LogP contribution in [0.25, 0.3) is 16.8 Å². The molecule has 0 atom stereocenters. The standard InChI is InChI=1S/C24H19ClN2O3S2/c1-32(29,30)21-12-10-18(11-13-21)22-15-26-27(20-9-5-8-19(25)14-20)24(28)23(22)31-16-17-6-3-2-4-7-17/h2-15H,16H2,1H3. The van der Waals surface area contributed by atoms with Crippen LogP contribution in [0, 0.1) is 0 Å². The van der Waals surface area contributed by atoms with Gasteiger partial charge in [0.1, 0.15) is 0 Å². The Balaban J connectivity index is 1.81. The van der Waals surface area contributed by atoms with Crippen LogP contribution in [0.1, 0.15) is 5.56 Å². The second-order valence-corrected chi connectivity index (χ2v) is 10.6. The Morgan fingerprint density at radius 3 is 2.34 bits per heavy atom. The van der Waals surface area contributed by atoms with Crippen LogP contribution in [0.5, 0.6) is 0 Å². The van der Waals surface area contributed by atoms with Crippen LogP contribution < -0.4 is 5.56 Å². The molecule has 0 bridgehead atoms. The van der Waals surface area contributed by atoms with E-state index in [1.807, 2.05) is 30.3 Å². The zero-order valence-corrected chi connectivity index (χ0v) is 19.5. The highest BCUT2D eigenvalue weighted by Gasteiger charge is 2.16. The van der Waals surface area contributed by atoms with E-state index in [1.165, 1.54) is 16.4 Å². The third-order valence-electron chi connectivity index (χ3n) is 4.81. The van der Waals surface area contributed by atoms with Crippen molar-refractivity contribution in [2.75, 3.05) is 6.26 Å². The summed E-state index contributed by atoms with van der Waals surface area (Å²) in [4.78, 5) is 14.2. The molecule has 0 aliphatic rings. The van der Waals surface area contributed by atoms with Gasteiger partial charge in [0, 0.05) is 22.6 Å². The first kappa shape index (κ1) is 22.3. The van der Waals surface area contributed by atoms with E-state index in [9.17, 15) is 13.2 Å². The van der Waals surface area contributed by atoms with E-state index in [0.717, 1.165) is 17.4 Å². The van der Waals surface area contributed by atoms with Crippen molar-refractivity contribution in [2.24, 2.45) is 0 Å². The first-order chi connectivity index (χ1) is 15.3. The van der Waals surface area contributed by atoms with Crippen molar-refractivity contribution in [1.29, 1.82) is 0 Å². The van der Waals surface area contributed by atoms with Crippen LogP contribution in [0.3, 0.4) is 0 Å². The number of halogens is 1. The minimum atomic E-state index is -3.31. The number of thioether (sulfide) groups is 1. The largest absolute Gasteiger partial charge is 0.285 e. The molecule has 0 fully saturated rings. The zero-order chi connectivity index (χ0) is 22.7. The number of sulfone groups is 1. The van der Waals surface area contributed by atoms with Gasteiger partial charge in [-0.1, -0.05) is 60.1 Å². The highest BCUT2D eigenvalue weighted by atomic mass is 35.5. The molecule has 32 heavy (non-hydrogen) atoms. The Kier molecular flexibility index (Phi) is 6.50. The van der Waals surface area contributed by atoms with Gasteiger partial charge < -0.3 is 0 Å². The molecule has 0 N–H and O–H groups in total. The number of hydrogen-bond acceptors (Lipinski definition) is 5. The normalized spacial score (nSPS) is 11.4. The molecule has 4 rings (SSSR count). The predicted octanol–water partition coefficient (Wildman–Crippen LogP) is 5.25. The zero-order valence-electron chi connectivity index (χ0n) is 17.1. The average molecular weight is 483 g/mol. The third-order valence-corrected chi connectivity index (χ3v) is 7.33. The summed E-state index contributed by atoms with van der Waals surface area (Å²) in [6.07, 6.45) is 2.79. The summed E-state index contributed by atoms with van der Waals surface area (Å²) in [6.45, 7) is 0. The fourth-order valence-corrected chi connectivity index (χ4v) is 5.04. The molecule has 8 heteroatoms. The first-order valence-electron chi connectivity index (χ1n) is 9.68. The minimum absolute atomic E-state index is 0.222.